The number of halogens is 1. The van der Waals surface area contributed by atoms with Gasteiger partial charge in [-0.05, 0) is 13.0 Å². The van der Waals surface area contributed by atoms with E-state index in [4.69, 9.17) is 5.21 Å². The summed E-state index contributed by atoms with van der Waals surface area (Å²) >= 11 is 0. The topological polar surface area (TPSA) is 82.2 Å². The van der Waals surface area contributed by atoms with Crippen LogP contribution in [-0.2, 0) is 0 Å². The molecule has 0 saturated heterocycles. The first-order valence-corrected chi connectivity index (χ1v) is 3.83. The van der Waals surface area contributed by atoms with Crippen LogP contribution in [0.3, 0.4) is 0 Å². The quantitative estimate of drug-likeness (QED) is 0.494. The van der Waals surface area contributed by atoms with Gasteiger partial charge in [-0.1, -0.05) is 0 Å². The van der Waals surface area contributed by atoms with Crippen molar-refractivity contribution in [2.45, 2.75) is 6.92 Å². The molecule has 0 amide bonds. The minimum Gasteiger partial charge on any atom is -0.317 e. The Bertz CT molecular complexity index is 414. The third-order valence-electron chi connectivity index (χ3n) is 1.75. The zero-order chi connectivity index (χ0) is 10.7. The van der Waals surface area contributed by atoms with Crippen molar-refractivity contribution in [3.63, 3.8) is 0 Å². The molecule has 6 heteroatoms. The number of alkyl halides is 1. The number of pyridine rings is 1. The number of anilines is 1. The number of hydrogen-bond donors (Lipinski definition) is 3. The fourth-order valence-electron chi connectivity index (χ4n) is 1.01. The average Bonchev–Trinajstić information content (AvgIpc) is 2.20. The number of H-pyrrole nitrogens is 1. The Labute approximate surface area is 78.5 Å². The van der Waals surface area contributed by atoms with Gasteiger partial charge in [-0.2, -0.15) is 0 Å². The second kappa shape index (κ2) is 4.01. The van der Waals surface area contributed by atoms with Crippen molar-refractivity contribution in [1.82, 2.24) is 4.98 Å². The van der Waals surface area contributed by atoms with Crippen LogP contribution in [0.5, 0.6) is 0 Å². The van der Waals surface area contributed by atoms with E-state index in [0.717, 1.165) is 0 Å². The summed E-state index contributed by atoms with van der Waals surface area (Å²) in [5.41, 5.74) is 1.28. The van der Waals surface area contributed by atoms with Gasteiger partial charge in [0.05, 0.1) is 5.69 Å². The molecule has 0 fully saturated rings. The van der Waals surface area contributed by atoms with Gasteiger partial charge in [0.25, 0.3) is 5.56 Å². The van der Waals surface area contributed by atoms with Gasteiger partial charge in [-0.25, -0.2) is 4.39 Å². The predicted molar refractivity (Wildman–Crippen MR) is 47.5 cm³/mol. The number of aromatic nitrogens is 1. The van der Waals surface area contributed by atoms with Crippen LogP contribution in [0.25, 0.3) is 0 Å². The van der Waals surface area contributed by atoms with Crippen LogP contribution in [0.1, 0.15) is 16.1 Å². The van der Waals surface area contributed by atoms with Gasteiger partial charge in [0.1, 0.15) is 5.69 Å². The third-order valence-corrected chi connectivity index (χ3v) is 1.75. The first kappa shape index (κ1) is 10.4. The molecule has 3 N–H and O–H groups in total. The van der Waals surface area contributed by atoms with Crippen LogP contribution < -0.4 is 11.0 Å². The number of ketones is 1. The van der Waals surface area contributed by atoms with E-state index in [1.54, 1.807) is 5.48 Å². The van der Waals surface area contributed by atoms with Gasteiger partial charge in [-0.15, -0.1) is 0 Å². The van der Waals surface area contributed by atoms with E-state index in [1.807, 2.05) is 0 Å². The number of Topliss-reactive ketones (excluding diaryl/α,β-unsaturated/α-hetero) is 1. The summed E-state index contributed by atoms with van der Waals surface area (Å²) in [6.45, 7) is 0.275. The molecule has 0 aliphatic carbocycles. The molecule has 1 rings (SSSR count). The molecule has 0 aliphatic rings. The smallest absolute Gasteiger partial charge is 0.251 e. The minimum atomic E-state index is -1.23. The first-order chi connectivity index (χ1) is 6.60. The van der Waals surface area contributed by atoms with Gasteiger partial charge >= 0.3 is 0 Å². The molecule has 0 radical (unpaired) electrons. The zero-order valence-corrected chi connectivity index (χ0v) is 7.43. The normalized spacial score (nSPS) is 9.93. The fraction of sp³-hybridized carbons (Fsp3) is 0.250. The lowest BCUT2D eigenvalue weighted by atomic mass is 10.2. The molecule has 5 nitrogen and oxygen atoms in total. The van der Waals surface area contributed by atoms with Gasteiger partial charge in [0.15, 0.2) is 6.67 Å². The summed E-state index contributed by atoms with van der Waals surface area (Å²) in [5.74, 6) is -0.890. The molecule has 14 heavy (non-hydrogen) atoms. The van der Waals surface area contributed by atoms with Crippen LogP contribution in [0, 0.1) is 6.92 Å². The molecule has 0 atom stereocenters. The first-order valence-electron chi connectivity index (χ1n) is 3.83. The standard InChI is InChI=1S/C8H9FN2O3/c1-4-2-5(11-14)7(6(12)3-9)10-8(4)13/h2,11,14H,3H2,1H3,(H,10,13). The Morgan fingerprint density at radius 2 is 2.36 bits per heavy atom. The molecule has 0 aromatic carbocycles. The molecule has 1 heterocycles. The maximum absolute atomic E-state index is 12.0. The van der Waals surface area contributed by atoms with Crippen LogP contribution in [0.2, 0.25) is 0 Å². The van der Waals surface area contributed by atoms with Crippen molar-refractivity contribution in [2.24, 2.45) is 0 Å². The number of carbonyl (C=O) groups is 1. The summed E-state index contributed by atoms with van der Waals surface area (Å²) in [4.78, 5) is 24.2. The molecule has 0 aliphatic heterocycles. The third kappa shape index (κ3) is 1.80. The molecular formula is C8H9FN2O3. The summed E-state index contributed by atoms with van der Waals surface area (Å²) in [6, 6.07) is 1.27. The predicted octanol–water partition coefficient (Wildman–Crippen LogP) is 0.637. The molecule has 76 valence electrons. The van der Waals surface area contributed by atoms with E-state index < -0.39 is 18.0 Å². The lowest BCUT2D eigenvalue weighted by Crippen LogP contribution is -2.18. The van der Waals surface area contributed by atoms with Crippen LogP contribution in [0.15, 0.2) is 10.9 Å². The maximum Gasteiger partial charge on any atom is 0.251 e. The van der Waals surface area contributed by atoms with Crippen LogP contribution in [0.4, 0.5) is 10.1 Å². The molecule has 0 spiro atoms. The second-order valence-electron chi connectivity index (χ2n) is 2.74. The van der Waals surface area contributed by atoms with E-state index in [-0.39, 0.29) is 11.4 Å². The Hall–Kier alpha value is -1.69. The minimum absolute atomic E-state index is 0.00949. The summed E-state index contributed by atoms with van der Waals surface area (Å²) in [5, 5.41) is 8.63. The van der Waals surface area contributed by atoms with Crippen molar-refractivity contribution in [1.29, 1.82) is 0 Å². The van der Waals surface area contributed by atoms with E-state index in [9.17, 15) is 14.0 Å². The Morgan fingerprint density at radius 1 is 1.71 bits per heavy atom. The highest BCUT2D eigenvalue weighted by Crippen LogP contribution is 2.12. The number of rotatable bonds is 3. The maximum atomic E-state index is 12.0. The van der Waals surface area contributed by atoms with Crippen molar-refractivity contribution in [2.75, 3.05) is 12.2 Å². The van der Waals surface area contributed by atoms with Gasteiger partial charge in [0.2, 0.25) is 5.78 Å². The van der Waals surface area contributed by atoms with Crippen molar-refractivity contribution < 1.29 is 14.4 Å². The van der Waals surface area contributed by atoms with Crippen molar-refractivity contribution >= 4 is 11.5 Å². The van der Waals surface area contributed by atoms with Gasteiger partial charge < -0.3 is 4.98 Å². The molecule has 0 bridgehead atoms. The monoisotopic (exact) mass is 200 g/mol. The largest absolute Gasteiger partial charge is 0.317 e. The van der Waals surface area contributed by atoms with Crippen molar-refractivity contribution in [3.05, 3.63) is 27.7 Å². The number of aromatic amines is 1. The van der Waals surface area contributed by atoms with Gasteiger partial charge in [0, 0.05) is 5.56 Å². The van der Waals surface area contributed by atoms with E-state index in [1.165, 1.54) is 13.0 Å². The molecule has 0 unspecified atom stereocenters. The Kier molecular flexibility index (Phi) is 2.98. The highest BCUT2D eigenvalue weighted by molar-refractivity contribution is 5.99. The lowest BCUT2D eigenvalue weighted by Gasteiger charge is -2.05. The van der Waals surface area contributed by atoms with Crippen LogP contribution >= 0.6 is 0 Å². The Balaban J connectivity index is 3.34. The summed E-state index contributed by atoms with van der Waals surface area (Å²) in [6.07, 6.45) is 0. The molecule has 1 aromatic heterocycles. The molecular weight excluding hydrogens is 191 g/mol. The molecule has 0 saturated carbocycles. The fourth-order valence-corrected chi connectivity index (χ4v) is 1.01. The second-order valence-corrected chi connectivity index (χ2v) is 2.74. The van der Waals surface area contributed by atoms with E-state index in [2.05, 4.69) is 4.98 Å². The number of aryl methyl sites for hydroxylation is 1. The SMILES string of the molecule is Cc1cc(NO)c(C(=O)CF)[nH]c1=O. The molecule has 1 aromatic rings. The number of hydrogen-bond acceptors (Lipinski definition) is 4. The van der Waals surface area contributed by atoms with Crippen molar-refractivity contribution in [3.8, 4) is 0 Å². The van der Waals surface area contributed by atoms with E-state index >= 15 is 0 Å². The van der Waals surface area contributed by atoms with E-state index in [0.29, 0.717) is 5.56 Å². The van der Waals surface area contributed by atoms with Gasteiger partial charge in [-0.3, -0.25) is 20.3 Å². The average molecular weight is 200 g/mol. The number of nitrogens with one attached hydrogen (secondary N) is 2. The highest BCUT2D eigenvalue weighted by atomic mass is 19.1. The van der Waals surface area contributed by atoms with Crippen LogP contribution in [-0.4, -0.2) is 22.6 Å². The zero-order valence-electron chi connectivity index (χ0n) is 7.43. The lowest BCUT2D eigenvalue weighted by molar-refractivity contribution is 0.0953. The Morgan fingerprint density at radius 3 is 2.86 bits per heavy atom. The highest BCUT2D eigenvalue weighted by Gasteiger charge is 2.13. The summed E-state index contributed by atoms with van der Waals surface area (Å²) in [7, 11) is 0. The number of carbonyl (C=O) groups excluding carboxylic acids is 1. The summed E-state index contributed by atoms with van der Waals surface area (Å²) < 4.78 is 12.0.